The molecule has 8 nitrogen and oxygen atoms in total. The Balaban J connectivity index is 1.79. The number of hydrogen-bond donors (Lipinski definition) is 4. The first-order chi connectivity index (χ1) is 14.9. The summed E-state index contributed by atoms with van der Waals surface area (Å²) in [7, 11) is 0. The molecular formula is C18H20N4O4S5. The molecule has 0 aliphatic carbocycles. The number of rotatable bonds is 12. The number of carboxylic acid groups (broad SMARTS) is 2. The van der Waals surface area contributed by atoms with Crippen LogP contribution in [0, 0.1) is 0 Å². The van der Waals surface area contributed by atoms with Crippen molar-refractivity contribution in [2.45, 2.75) is 59.5 Å². The fraction of sp³-hybridized carbons (Fsp3) is 0.444. The second-order valence-corrected chi connectivity index (χ2v) is 11.1. The minimum Gasteiger partial charge on any atom is -0.481 e. The number of aliphatic carboxylic acids is 2. The highest BCUT2D eigenvalue weighted by atomic mass is 32.2. The van der Waals surface area contributed by atoms with Crippen LogP contribution in [-0.4, -0.2) is 42.5 Å². The summed E-state index contributed by atoms with van der Waals surface area (Å²) in [5.41, 5.74) is 1.50. The molecule has 0 aliphatic heterocycles. The fourth-order valence-corrected chi connectivity index (χ4v) is 6.36. The minimum absolute atomic E-state index is 0.174. The van der Waals surface area contributed by atoms with Crippen LogP contribution >= 0.6 is 59.3 Å². The highest BCUT2D eigenvalue weighted by molar-refractivity contribution is 7.83. The Labute approximate surface area is 201 Å². The van der Waals surface area contributed by atoms with Crippen molar-refractivity contribution in [2.75, 3.05) is 0 Å². The zero-order valence-electron chi connectivity index (χ0n) is 16.2. The van der Waals surface area contributed by atoms with Crippen LogP contribution in [0.1, 0.15) is 55.7 Å². The van der Waals surface area contributed by atoms with Crippen molar-refractivity contribution in [1.82, 2.24) is 20.4 Å². The molecule has 13 heteroatoms. The van der Waals surface area contributed by atoms with E-state index in [1.165, 1.54) is 34.0 Å². The molecule has 0 saturated heterocycles. The third-order valence-corrected chi connectivity index (χ3v) is 7.92. The van der Waals surface area contributed by atoms with Crippen LogP contribution in [-0.2, 0) is 9.59 Å². The van der Waals surface area contributed by atoms with E-state index in [1.807, 2.05) is 5.38 Å². The van der Waals surface area contributed by atoms with Crippen LogP contribution < -0.4 is 0 Å². The lowest BCUT2D eigenvalue weighted by molar-refractivity contribution is -0.139. The van der Waals surface area contributed by atoms with E-state index in [9.17, 15) is 14.7 Å². The van der Waals surface area contributed by atoms with Crippen LogP contribution in [0.3, 0.4) is 0 Å². The molecule has 1 unspecified atom stereocenters. The number of thiophene rings is 1. The van der Waals surface area contributed by atoms with Gasteiger partial charge in [-0.15, -0.1) is 57.0 Å². The lowest BCUT2D eigenvalue weighted by Gasteiger charge is -2.13. The van der Waals surface area contributed by atoms with Crippen LogP contribution in [0.2, 0.25) is 0 Å². The van der Waals surface area contributed by atoms with Gasteiger partial charge in [-0.3, -0.25) is 9.59 Å². The van der Waals surface area contributed by atoms with Gasteiger partial charge in [0.1, 0.15) is 10.0 Å². The maximum absolute atomic E-state index is 12.1. The largest absolute Gasteiger partial charge is 0.481 e. The van der Waals surface area contributed by atoms with E-state index in [-0.39, 0.29) is 6.42 Å². The smallest absolute Gasteiger partial charge is 0.311 e. The van der Waals surface area contributed by atoms with E-state index in [0.29, 0.717) is 36.4 Å². The zero-order chi connectivity index (χ0) is 22.4. The highest BCUT2D eigenvalue weighted by Crippen LogP contribution is 2.46. The topological polar surface area (TPSA) is 126 Å². The Kier molecular flexibility index (Phi) is 8.84. The molecular weight excluding hydrogens is 497 g/mol. The molecule has 0 radical (unpaired) electrons. The summed E-state index contributed by atoms with van der Waals surface area (Å²) < 4.78 is 1.03. The van der Waals surface area contributed by atoms with Gasteiger partial charge in [-0.1, -0.05) is 48.4 Å². The minimum atomic E-state index is -0.886. The third kappa shape index (κ3) is 6.48. The molecule has 0 fully saturated rings. The predicted octanol–water partition coefficient (Wildman–Crippen LogP) is 5.35. The molecule has 0 saturated carbocycles. The number of carbonyl (C=O) groups is 2. The first-order valence-corrected chi connectivity index (χ1v) is 12.9. The molecule has 0 spiro atoms. The summed E-state index contributed by atoms with van der Waals surface area (Å²) >= 11 is 12.5. The van der Waals surface area contributed by atoms with Crippen LogP contribution in [0.4, 0.5) is 0 Å². The van der Waals surface area contributed by atoms with Crippen LogP contribution in [0.15, 0.2) is 14.1 Å². The lowest BCUT2D eigenvalue weighted by Crippen LogP contribution is -2.11. The van der Waals surface area contributed by atoms with E-state index in [1.54, 1.807) is 0 Å². The van der Waals surface area contributed by atoms with E-state index in [2.05, 4.69) is 45.7 Å². The van der Waals surface area contributed by atoms with Gasteiger partial charge in [0, 0.05) is 27.8 Å². The molecule has 0 aromatic carbocycles. The number of nitrogens with zero attached hydrogens (tertiary/aromatic N) is 4. The normalized spacial score (nSPS) is 12.2. The van der Waals surface area contributed by atoms with Gasteiger partial charge < -0.3 is 10.2 Å². The molecule has 3 rings (SSSR count). The monoisotopic (exact) mass is 516 g/mol. The van der Waals surface area contributed by atoms with Gasteiger partial charge in [0.25, 0.3) is 0 Å². The Bertz CT molecular complexity index is 1050. The summed E-state index contributed by atoms with van der Waals surface area (Å²) in [5.74, 6) is -2.35. The summed E-state index contributed by atoms with van der Waals surface area (Å²) in [6, 6.07) is 0. The fourth-order valence-electron chi connectivity index (χ4n) is 3.17. The summed E-state index contributed by atoms with van der Waals surface area (Å²) in [6.45, 7) is 0. The van der Waals surface area contributed by atoms with Crippen molar-refractivity contribution in [3.63, 3.8) is 0 Å². The molecule has 3 aromatic heterocycles. The summed E-state index contributed by atoms with van der Waals surface area (Å²) in [5, 5.41) is 38.1. The van der Waals surface area contributed by atoms with Crippen molar-refractivity contribution in [3.05, 3.63) is 10.3 Å². The number of aromatic nitrogens is 4. The van der Waals surface area contributed by atoms with Gasteiger partial charge in [-0.2, -0.15) is 0 Å². The second kappa shape index (κ2) is 11.4. The summed E-state index contributed by atoms with van der Waals surface area (Å²) in [4.78, 5) is 23.4. The maximum atomic E-state index is 12.1. The number of carboxylic acids is 2. The molecule has 3 heterocycles. The molecule has 0 bridgehead atoms. The first kappa shape index (κ1) is 24.1. The zero-order valence-corrected chi connectivity index (χ0v) is 20.5. The molecule has 31 heavy (non-hydrogen) atoms. The predicted molar refractivity (Wildman–Crippen MR) is 127 cm³/mol. The number of hydrogen-bond acceptors (Lipinski definition) is 11. The summed E-state index contributed by atoms with van der Waals surface area (Å²) in [6.07, 6.45) is 4.62. The SMILES string of the molecule is O=C(O)CCCCCCCC(C(=O)O)c1scc(-c2nnc(S)s2)c1-c1nnc(S)s1. The Morgan fingerprint density at radius 1 is 0.903 bits per heavy atom. The van der Waals surface area contributed by atoms with Gasteiger partial charge in [0.15, 0.2) is 8.68 Å². The van der Waals surface area contributed by atoms with E-state index < -0.39 is 17.9 Å². The van der Waals surface area contributed by atoms with Crippen molar-refractivity contribution >= 4 is 71.2 Å². The average Bonchev–Trinajstić information content (AvgIpc) is 3.42. The van der Waals surface area contributed by atoms with Gasteiger partial charge in [0.2, 0.25) is 0 Å². The third-order valence-electron chi connectivity index (χ3n) is 4.59. The van der Waals surface area contributed by atoms with Crippen molar-refractivity contribution < 1.29 is 19.8 Å². The van der Waals surface area contributed by atoms with Crippen molar-refractivity contribution in [1.29, 1.82) is 0 Å². The van der Waals surface area contributed by atoms with E-state index >= 15 is 0 Å². The molecule has 0 amide bonds. The molecule has 166 valence electrons. The second-order valence-electron chi connectivity index (χ2n) is 6.76. The van der Waals surface area contributed by atoms with Crippen LogP contribution in [0.5, 0.6) is 0 Å². The standard InChI is InChI=1S/C18H20N4O4S5/c23-11(24)7-5-3-1-2-4-6-9(16(25)26)13-12(15-20-22-18(28)31-15)10(8-29-13)14-19-21-17(27)30-14/h8-9H,1-7H2,(H,21,27)(H,22,28)(H,23,24)(H,25,26). The van der Waals surface area contributed by atoms with E-state index in [4.69, 9.17) is 5.11 Å². The van der Waals surface area contributed by atoms with Crippen LogP contribution in [0.25, 0.3) is 21.1 Å². The Hall–Kier alpha value is -1.54. The van der Waals surface area contributed by atoms with Gasteiger partial charge in [0.05, 0.1) is 5.92 Å². The van der Waals surface area contributed by atoms with Gasteiger partial charge in [-0.05, 0) is 12.8 Å². The number of thiol groups is 2. The maximum Gasteiger partial charge on any atom is 0.311 e. The number of unbranched alkanes of at least 4 members (excludes halogenated alkanes) is 4. The molecule has 1 atom stereocenters. The Morgan fingerprint density at radius 3 is 2.10 bits per heavy atom. The lowest BCUT2D eigenvalue weighted by atomic mass is 9.95. The Morgan fingerprint density at radius 2 is 1.52 bits per heavy atom. The van der Waals surface area contributed by atoms with Gasteiger partial charge >= 0.3 is 11.9 Å². The molecule has 0 aliphatic rings. The molecule has 3 aromatic rings. The first-order valence-electron chi connectivity index (χ1n) is 9.48. The van der Waals surface area contributed by atoms with Crippen molar-refractivity contribution in [2.24, 2.45) is 0 Å². The highest BCUT2D eigenvalue weighted by Gasteiger charge is 2.29. The molecule has 2 N–H and O–H groups in total. The quantitative estimate of drug-likeness (QED) is 0.188. The van der Waals surface area contributed by atoms with E-state index in [0.717, 1.165) is 36.8 Å². The van der Waals surface area contributed by atoms with Gasteiger partial charge in [-0.25, -0.2) is 0 Å². The van der Waals surface area contributed by atoms with Crippen molar-refractivity contribution in [3.8, 4) is 21.1 Å². The average molecular weight is 517 g/mol.